The van der Waals surface area contributed by atoms with Gasteiger partial charge in [0.05, 0.1) is 39.9 Å². The number of benzene rings is 2. The molecule has 0 bridgehead atoms. The van der Waals surface area contributed by atoms with Gasteiger partial charge in [0.25, 0.3) is 11.5 Å². The number of halogens is 1. The van der Waals surface area contributed by atoms with Gasteiger partial charge in [0.1, 0.15) is 5.82 Å². The Hall–Kier alpha value is -3.32. The van der Waals surface area contributed by atoms with E-state index in [0.717, 1.165) is 16.9 Å². The Morgan fingerprint density at radius 3 is 2.47 bits per heavy atom. The van der Waals surface area contributed by atoms with Crippen molar-refractivity contribution < 1.29 is 4.79 Å². The minimum absolute atomic E-state index is 0.170. The molecule has 1 N–H and O–H groups in total. The minimum Gasteiger partial charge on any atom is -0.331 e. The molecule has 0 saturated heterocycles. The number of carbonyl (C=O) groups excluding carboxylic acids is 1. The predicted octanol–water partition coefficient (Wildman–Crippen LogP) is 3.80. The van der Waals surface area contributed by atoms with Crippen LogP contribution in [0.5, 0.6) is 0 Å². The molecular weight excluding hydrogens is 402 g/mol. The zero-order chi connectivity index (χ0) is 21.4. The van der Waals surface area contributed by atoms with Crippen molar-refractivity contribution in [2.45, 2.75) is 27.3 Å². The minimum atomic E-state index is -0.262. The maximum absolute atomic E-state index is 13.1. The number of carbonyl (C=O) groups is 1. The standard InChI is InChI=1S/C22H20ClN5O2/c1-4-28(11-20-26-18-10-15(23)6-7-16(18)21(29)27-20)22(30)14-5-8-17-19(9-14)25-13(3)12(2)24-17/h5-10H,4,11H2,1-3H3,(H,26,27,29). The van der Waals surface area contributed by atoms with Gasteiger partial charge in [-0.25, -0.2) is 15.0 Å². The highest BCUT2D eigenvalue weighted by atomic mass is 35.5. The molecule has 0 fully saturated rings. The van der Waals surface area contributed by atoms with Crippen molar-refractivity contribution in [1.82, 2.24) is 24.8 Å². The van der Waals surface area contributed by atoms with Gasteiger partial charge in [-0.2, -0.15) is 0 Å². The molecule has 4 rings (SSSR count). The van der Waals surface area contributed by atoms with Gasteiger partial charge in [0.2, 0.25) is 0 Å². The number of aryl methyl sites for hydroxylation is 2. The highest BCUT2D eigenvalue weighted by Gasteiger charge is 2.17. The molecule has 0 atom stereocenters. The van der Waals surface area contributed by atoms with Crippen molar-refractivity contribution in [2.24, 2.45) is 0 Å². The fourth-order valence-corrected chi connectivity index (χ4v) is 3.46. The van der Waals surface area contributed by atoms with Gasteiger partial charge in [-0.15, -0.1) is 0 Å². The van der Waals surface area contributed by atoms with E-state index in [4.69, 9.17) is 11.6 Å². The Kier molecular flexibility index (Phi) is 5.22. The summed E-state index contributed by atoms with van der Waals surface area (Å²) in [6.07, 6.45) is 0. The van der Waals surface area contributed by atoms with Gasteiger partial charge >= 0.3 is 0 Å². The number of aromatic amines is 1. The maximum atomic E-state index is 13.1. The molecule has 1 amide bonds. The normalized spacial score (nSPS) is 11.2. The van der Waals surface area contributed by atoms with Gasteiger partial charge in [-0.05, 0) is 57.2 Å². The Balaban J connectivity index is 1.66. The molecule has 0 unspecified atom stereocenters. The highest BCUT2D eigenvalue weighted by Crippen LogP contribution is 2.18. The van der Waals surface area contributed by atoms with Crippen molar-refractivity contribution in [2.75, 3.05) is 6.54 Å². The first-order valence-electron chi connectivity index (χ1n) is 9.58. The summed E-state index contributed by atoms with van der Waals surface area (Å²) in [4.78, 5) is 43.4. The van der Waals surface area contributed by atoms with Crippen LogP contribution in [0.1, 0.15) is 34.5 Å². The molecule has 2 aromatic heterocycles. The number of hydrogen-bond acceptors (Lipinski definition) is 5. The zero-order valence-corrected chi connectivity index (χ0v) is 17.6. The molecule has 2 heterocycles. The number of amides is 1. The van der Waals surface area contributed by atoms with Crippen LogP contribution in [-0.2, 0) is 6.54 Å². The molecule has 2 aromatic carbocycles. The number of aromatic nitrogens is 4. The number of H-pyrrole nitrogens is 1. The van der Waals surface area contributed by atoms with Crippen molar-refractivity contribution in [3.63, 3.8) is 0 Å². The third kappa shape index (κ3) is 3.76. The van der Waals surface area contributed by atoms with E-state index >= 15 is 0 Å². The van der Waals surface area contributed by atoms with Gasteiger partial charge in [0.15, 0.2) is 0 Å². The summed E-state index contributed by atoms with van der Waals surface area (Å²) in [5, 5.41) is 0.953. The van der Waals surface area contributed by atoms with Crippen molar-refractivity contribution in [3.05, 3.63) is 74.6 Å². The molecule has 4 aromatic rings. The van der Waals surface area contributed by atoms with E-state index in [-0.39, 0.29) is 18.0 Å². The average molecular weight is 422 g/mol. The topological polar surface area (TPSA) is 91.8 Å². The maximum Gasteiger partial charge on any atom is 0.258 e. The van der Waals surface area contributed by atoms with Gasteiger partial charge in [-0.3, -0.25) is 9.59 Å². The van der Waals surface area contributed by atoms with E-state index < -0.39 is 0 Å². The van der Waals surface area contributed by atoms with E-state index in [0.29, 0.717) is 39.4 Å². The van der Waals surface area contributed by atoms with Crippen molar-refractivity contribution in [1.29, 1.82) is 0 Å². The molecule has 7 nitrogen and oxygen atoms in total. The van der Waals surface area contributed by atoms with Crippen molar-refractivity contribution in [3.8, 4) is 0 Å². The summed E-state index contributed by atoms with van der Waals surface area (Å²) in [7, 11) is 0. The largest absolute Gasteiger partial charge is 0.331 e. The second-order valence-electron chi connectivity index (χ2n) is 7.09. The number of fused-ring (bicyclic) bond motifs is 2. The Morgan fingerprint density at radius 1 is 1.00 bits per heavy atom. The lowest BCUT2D eigenvalue weighted by molar-refractivity contribution is 0.0748. The van der Waals surface area contributed by atoms with Crippen molar-refractivity contribution >= 4 is 39.4 Å². The molecule has 0 aliphatic rings. The Morgan fingerprint density at radius 2 is 1.73 bits per heavy atom. The van der Waals surface area contributed by atoms with Gasteiger partial charge in [-0.1, -0.05) is 11.6 Å². The van der Waals surface area contributed by atoms with Gasteiger partial charge in [0, 0.05) is 17.1 Å². The van der Waals surface area contributed by atoms with Crippen LogP contribution in [0.15, 0.2) is 41.2 Å². The van der Waals surface area contributed by atoms with Crippen LogP contribution < -0.4 is 5.56 Å². The summed E-state index contributed by atoms with van der Waals surface area (Å²) in [6, 6.07) is 10.2. The SMILES string of the molecule is CCN(Cc1nc2cc(Cl)ccc2c(=O)[nH]1)C(=O)c1ccc2nc(C)c(C)nc2c1. The van der Waals surface area contributed by atoms with Crippen LogP contribution in [0.4, 0.5) is 0 Å². The van der Waals surface area contributed by atoms with Crippen LogP contribution >= 0.6 is 11.6 Å². The number of hydrogen-bond donors (Lipinski definition) is 1. The lowest BCUT2D eigenvalue weighted by Gasteiger charge is -2.20. The van der Waals surface area contributed by atoms with E-state index in [1.54, 1.807) is 41.3 Å². The molecule has 152 valence electrons. The summed E-state index contributed by atoms with van der Waals surface area (Å²) < 4.78 is 0. The lowest BCUT2D eigenvalue weighted by Crippen LogP contribution is -2.32. The highest BCUT2D eigenvalue weighted by molar-refractivity contribution is 6.31. The quantitative estimate of drug-likeness (QED) is 0.541. The molecule has 0 spiro atoms. The first-order chi connectivity index (χ1) is 14.4. The monoisotopic (exact) mass is 421 g/mol. The summed E-state index contributed by atoms with van der Waals surface area (Å²) >= 11 is 6.03. The van der Waals surface area contributed by atoms with Gasteiger partial charge < -0.3 is 9.88 Å². The molecule has 0 radical (unpaired) electrons. The molecule has 30 heavy (non-hydrogen) atoms. The van der Waals surface area contributed by atoms with Crippen LogP contribution in [0.2, 0.25) is 5.02 Å². The molecular formula is C22H20ClN5O2. The third-order valence-corrected chi connectivity index (χ3v) is 5.28. The van der Waals surface area contributed by atoms with Crippen LogP contribution in [-0.4, -0.2) is 37.3 Å². The number of nitrogens with one attached hydrogen (secondary N) is 1. The second-order valence-corrected chi connectivity index (χ2v) is 7.53. The van der Waals surface area contributed by atoms with E-state index in [2.05, 4.69) is 19.9 Å². The second kappa shape index (κ2) is 7.84. The fraction of sp³-hybridized carbons (Fsp3) is 0.227. The first-order valence-corrected chi connectivity index (χ1v) is 9.96. The van der Waals surface area contributed by atoms with E-state index in [1.807, 2.05) is 20.8 Å². The average Bonchev–Trinajstić information content (AvgIpc) is 2.71. The number of nitrogens with zero attached hydrogens (tertiary/aromatic N) is 4. The molecule has 0 saturated carbocycles. The van der Waals surface area contributed by atoms with Crippen LogP contribution in [0.25, 0.3) is 21.9 Å². The fourth-order valence-electron chi connectivity index (χ4n) is 3.29. The van der Waals surface area contributed by atoms with Crippen LogP contribution in [0, 0.1) is 13.8 Å². The predicted molar refractivity (Wildman–Crippen MR) is 117 cm³/mol. The van der Waals surface area contributed by atoms with E-state index in [9.17, 15) is 9.59 Å². The summed E-state index contributed by atoms with van der Waals surface area (Å²) in [5.74, 6) is 0.227. The first kappa shape index (κ1) is 20.0. The zero-order valence-electron chi connectivity index (χ0n) is 16.9. The lowest BCUT2D eigenvalue weighted by atomic mass is 10.1. The summed E-state index contributed by atoms with van der Waals surface area (Å²) in [6.45, 7) is 6.30. The third-order valence-electron chi connectivity index (χ3n) is 5.05. The Labute approximate surface area is 177 Å². The number of rotatable bonds is 4. The molecule has 8 heteroatoms. The molecule has 0 aliphatic carbocycles. The summed E-state index contributed by atoms with van der Waals surface area (Å²) in [5.41, 5.74) is 3.85. The van der Waals surface area contributed by atoms with Crippen LogP contribution in [0.3, 0.4) is 0 Å². The van der Waals surface area contributed by atoms with E-state index in [1.165, 1.54) is 0 Å². The smallest absolute Gasteiger partial charge is 0.258 e. The molecule has 0 aliphatic heterocycles. The Bertz CT molecular complexity index is 1350.